The lowest BCUT2D eigenvalue weighted by atomic mass is 9.75. The third kappa shape index (κ3) is 2.86. The number of hydrogen-bond acceptors (Lipinski definition) is 4. The van der Waals surface area contributed by atoms with Crippen LogP contribution in [0.4, 0.5) is 0 Å². The van der Waals surface area contributed by atoms with Crippen LogP contribution in [0.5, 0.6) is 0 Å². The van der Waals surface area contributed by atoms with Crippen molar-refractivity contribution in [1.82, 2.24) is 14.8 Å². The van der Waals surface area contributed by atoms with E-state index in [0.717, 1.165) is 31.6 Å². The number of ketones is 1. The molecule has 0 aliphatic heterocycles. The molecular weight excluding hydrogens is 242 g/mol. The number of methoxy groups -OCH3 is 1. The summed E-state index contributed by atoms with van der Waals surface area (Å²) in [5.74, 6) is 1.42. The molecule has 1 aliphatic rings. The van der Waals surface area contributed by atoms with Crippen LogP contribution in [0, 0.1) is 5.92 Å². The van der Waals surface area contributed by atoms with E-state index in [-0.39, 0.29) is 5.78 Å². The topological polar surface area (TPSA) is 57.0 Å². The summed E-state index contributed by atoms with van der Waals surface area (Å²) in [6.45, 7) is 4.92. The summed E-state index contributed by atoms with van der Waals surface area (Å²) in [5.41, 5.74) is -0.609. The summed E-state index contributed by atoms with van der Waals surface area (Å²) in [5, 5.41) is 4.11. The molecule has 0 spiro atoms. The summed E-state index contributed by atoms with van der Waals surface area (Å²) in [7, 11) is 1.65. The molecule has 5 heteroatoms. The number of ether oxygens (including phenoxy) is 1. The van der Waals surface area contributed by atoms with E-state index in [1.807, 2.05) is 6.92 Å². The van der Waals surface area contributed by atoms with Crippen molar-refractivity contribution in [3.8, 4) is 0 Å². The summed E-state index contributed by atoms with van der Waals surface area (Å²) in [6, 6.07) is 0. The minimum atomic E-state index is -0.609. The van der Waals surface area contributed by atoms with E-state index in [2.05, 4.69) is 17.0 Å². The van der Waals surface area contributed by atoms with E-state index >= 15 is 0 Å². The molecule has 1 aromatic rings. The zero-order chi connectivity index (χ0) is 13.9. The Morgan fingerprint density at radius 2 is 2.42 bits per heavy atom. The van der Waals surface area contributed by atoms with Gasteiger partial charge in [0.05, 0.1) is 6.42 Å². The fourth-order valence-electron chi connectivity index (χ4n) is 3.05. The maximum Gasteiger partial charge on any atom is 0.172 e. The smallest absolute Gasteiger partial charge is 0.172 e. The second-order valence-electron chi connectivity index (χ2n) is 5.49. The molecule has 0 bridgehead atoms. The minimum Gasteiger partial charge on any atom is -0.370 e. The number of rotatable bonds is 5. The summed E-state index contributed by atoms with van der Waals surface area (Å²) in [6.07, 6.45) is 5.71. The highest BCUT2D eigenvalue weighted by Gasteiger charge is 2.41. The Bertz CT molecular complexity index is 444. The lowest BCUT2D eigenvalue weighted by Crippen LogP contribution is -2.45. The maximum atomic E-state index is 12.6. The second kappa shape index (κ2) is 5.82. The molecule has 1 aliphatic carbocycles. The van der Waals surface area contributed by atoms with Crippen LogP contribution in [0.15, 0.2) is 6.33 Å². The van der Waals surface area contributed by atoms with E-state index < -0.39 is 5.60 Å². The molecular formula is C14H23N3O2. The Morgan fingerprint density at radius 3 is 3.05 bits per heavy atom. The predicted octanol–water partition coefficient (Wildman–Crippen LogP) is 2.00. The fourth-order valence-corrected chi connectivity index (χ4v) is 3.05. The molecule has 2 atom stereocenters. The zero-order valence-electron chi connectivity index (χ0n) is 12.1. The highest BCUT2D eigenvalue weighted by molar-refractivity contribution is 5.88. The Balaban J connectivity index is 2.13. The Hall–Kier alpha value is -1.23. The minimum absolute atomic E-state index is 0.143. The summed E-state index contributed by atoms with van der Waals surface area (Å²) < 4.78 is 7.40. The fraction of sp³-hybridized carbons (Fsp3) is 0.786. The largest absolute Gasteiger partial charge is 0.370 e. The van der Waals surface area contributed by atoms with Gasteiger partial charge in [0.1, 0.15) is 17.8 Å². The first-order valence-electron chi connectivity index (χ1n) is 7.06. The average Bonchev–Trinajstić information content (AvgIpc) is 2.85. The van der Waals surface area contributed by atoms with Crippen LogP contribution < -0.4 is 0 Å². The van der Waals surface area contributed by atoms with Crippen LogP contribution in [-0.2, 0) is 22.5 Å². The monoisotopic (exact) mass is 265 g/mol. The van der Waals surface area contributed by atoms with Crippen molar-refractivity contribution in [3.63, 3.8) is 0 Å². The zero-order valence-corrected chi connectivity index (χ0v) is 12.1. The molecule has 2 unspecified atom stereocenters. The van der Waals surface area contributed by atoms with E-state index in [1.165, 1.54) is 12.7 Å². The van der Waals surface area contributed by atoms with Gasteiger partial charge in [0.2, 0.25) is 0 Å². The number of Topliss-reactive ketones (excluding diaryl/α,β-unsaturated/α-hetero) is 1. The highest BCUT2D eigenvalue weighted by Crippen LogP contribution is 2.36. The van der Waals surface area contributed by atoms with Crippen molar-refractivity contribution in [2.24, 2.45) is 5.92 Å². The molecule has 0 radical (unpaired) electrons. The normalized spacial score (nSPS) is 27.4. The van der Waals surface area contributed by atoms with Gasteiger partial charge in [0.15, 0.2) is 5.78 Å². The Labute approximate surface area is 114 Å². The van der Waals surface area contributed by atoms with Crippen molar-refractivity contribution in [3.05, 3.63) is 12.2 Å². The average molecular weight is 265 g/mol. The van der Waals surface area contributed by atoms with E-state index in [1.54, 1.807) is 11.8 Å². The number of carbonyl (C=O) groups excluding carboxylic acids is 1. The molecule has 1 aromatic heterocycles. The molecule has 19 heavy (non-hydrogen) atoms. The van der Waals surface area contributed by atoms with Gasteiger partial charge in [0.25, 0.3) is 0 Å². The van der Waals surface area contributed by atoms with Crippen LogP contribution >= 0.6 is 0 Å². The Morgan fingerprint density at radius 1 is 1.63 bits per heavy atom. The van der Waals surface area contributed by atoms with Gasteiger partial charge in [-0.2, -0.15) is 5.10 Å². The van der Waals surface area contributed by atoms with Crippen molar-refractivity contribution < 1.29 is 9.53 Å². The van der Waals surface area contributed by atoms with Gasteiger partial charge in [-0.3, -0.25) is 4.79 Å². The Kier molecular flexibility index (Phi) is 4.34. The first kappa shape index (κ1) is 14.2. The lowest BCUT2D eigenvalue weighted by Gasteiger charge is -2.37. The molecule has 5 nitrogen and oxygen atoms in total. The lowest BCUT2D eigenvalue weighted by molar-refractivity contribution is -0.146. The van der Waals surface area contributed by atoms with Crippen molar-refractivity contribution >= 4 is 5.78 Å². The standard InChI is InChI=1S/C14H23N3O2/c1-4-17-13(15-10-16-17)8-12(18)14(19-3)7-5-6-11(2)9-14/h10-11H,4-9H2,1-3H3. The third-order valence-corrected chi connectivity index (χ3v) is 4.17. The van der Waals surface area contributed by atoms with Gasteiger partial charge in [0, 0.05) is 13.7 Å². The maximum absolute atomic E-state index is 12.6. The van der Waals surface area contributed by atoms with Gasteiger partial charge in [-0.25, -0.2) is 9.67 Å². The first-order valence-corrected chi connectivity index (χ1v) is 7.06. The second-order valence-corrected chi connectivity index (χ2v) is 5.49. The molecule has 106 valence electrons. The highest BCUT2D eigenvalue weighted by atomic mass is 16.5. The first-order chi connectivity index (χ1) is 9.11. The number of aryl methyl sites for hydroxylation is 1. The quantitative estimate of drug-likeness (QED) is 0.817. The van der Waals surface area contributed by atoms with Gasteiger partial charge < -0.3 is 4.74 Å². The number of hydrogen-bond donors (Lipinski definition) is 0. The van der Waals surface area contributed by atoms with Crippen LogP contribution in [0.1, 0.15) is 45.4 Å². The van der Waals surface area contributed by atoms with Crippen LogP contribution in [0.25, 0.3) is 0 Å². The van der Waals surface area contributed by atoms with E-state index in [0.29, 0.717) is 12.3 Å². The molecule has 2 rings (SSSR count). The summed E-state index contributed by atoms with van der Waals surface area (Å²) >= 11 is 0. The molecule has 0 saturated heterocycles. The van der Waals surface area contributed by atoms with Gasteiger partial charge in [-0.1, -0.05) is 13.3 Å². The molecule has 1 saturated carbocycles. The van der Waals surface area contributed by atoms with Crippen LogP contribution in [0.3, 0.4) is 0 Å². The molecule has 0 N–H and O–H groups in total. The predicted molar refractivity (Wildman–Crippen MR) is 71.8 cm³/mol. The van der Waals surface area contributed by atoms with Gasteiger partial charge >= 0.3 is 0 Å². The molecule has 0 amide bonds. The number of aromatic nitrogens is 3. The van der Waals surface area contributed by atoms with Crippen LogP contribution in [-0.4, -0.2) is 33.3 Å². The van der Waals surface area contributed by atoms with Crippen molar-refractivity contribution in [1.29, 1.82) is 0 Å². The van der Waals surface area contributed by atoms with Crippen molar-refractivity contribution in [2.45, 2.75) is 58.1 Å². The van der Waals surface area contributed by atoms with Gasteiger partial charge in [-0.15, -0.1) is 0 Å². The van der Waals surface area contributed by atoms with E-state index in [9.17, 15) is 4.79 Å². The number of nitrogens with zero attached hydrogens (tertiary/aromatic N) is 3. The molecule has 1 fully saturated rings. The molecule has 1 heterocycles. The summed E-state index contributed by atoms with van der Waals surface area (Å²) in [4.78, 5) is 16.8. The third-order valence-electron chi connectivity index (χ3n) is 4.17. The van der Waals surface area contributed by atoms with Gasteiger partial charge in [-0.05, 0) is 32.1 Å². The molecule has 0 aromatic carbocycles. The number of carbonyl (C=O) groups is 1. The van der Waals surface area contributed by atoms with Crippen LogP contribution in [0.2, 0.25) is 0 Å². The SMILES string of the molecule is CCn1ncnc1CC(=O)C1(OC)CCCC(C)C1. The van der Waals surface area contributed by atoms with E-state index in [4.69, 9.17) is 4.74 Å². The van der Waals surface area contributed by atoms with Crippen molar-refractivity contribution in [2.75, 3.05) is 7.11 Å².